The molecule has 1 saturated heterocycles. The zero-order chi connectivity index (χ0) is 19.7. The molecule has 0 spiro atoms. The van der Waals surface area contributed by atoms with E-state index in [-0.39, 0.29) is 17.8 Å². The standard InChI is InChI=1S/C21H30O5S/c1-16(2)11-13-24-20(3)12-10-17-14-19(20)25-26-21(17,4)15-27(22,23)18-8-6-5-7-9-18/h5-9,11,17,19H,10,12-15H2,1-4H3/t17?,19?,20?,21-/m0/s1. The fourth-order valence-corrected chi connectivity index (χ4v) is 5.75. The van der Waals surface area contributed by atoms with Gasteiger partial charge in [0.05, 0.1) is 22.9 Å². The molecule has 1 aliphatic carbocycles. The van der Waals surface area contributed by atoms with Gasteiger partial charge in [-0.2, -0.15) is 0 Å². The molecule has 6 heteroatoms. The van der Waals surface area contributed by atoms with E-state index >= 15 is 0 Å². The van der Waals surface area contributed by atoms with E-state index in [0.717, 1.165) is 19.3 Å². The van der Waals surface area contributed by atoms with Crippen molar-refractivity contribution in [2.24, 2.45) is 5.92 Å². The number of benzene rings is 1. The Bertz CT molecular complexity index is 784. The molecule has 3 unspecified atom stereocenters. The lowest BCUT2D eigenvalue weighted by Crippen LogP contribution is -2.59. The van der Waals surface area contributed by atoms with E-state index in [0.29, 0.717) is 11.5 Å². The molecule has 0 N–H and O–H groups in total. The van der Waals surface area contributed by atoms with Gasteiger partial charge >= 0.3 is 0 Å². The molecule has 27 heavy (non-hydrogen) atoms. The summed E-state index contributed by atoms with van der Waals surface area (Å²) in [5.41, 5.74) is -0.0547. The highest BCUT2D eigenvalue weighted by Crippen LogP contribution is 2.47. The van der Waals surface area contributed by atoms with Crippen LogP contribution in [0.25, 0.3) is 0 Å². The Balaban J connectivity index is 1.70. The van der Waals surface area contributed by atoms with E-state index in [1.54, 1.807) is 24.3 Å². The van der Waals surface area contributed by atoms with Gasteiger partial charge in [0.15, 0.2) is 9.84 Å². The molecule has 150 valence electrons. The Morgan fingerprint density at radius 1 is 1.26 bits per heavy atom. The van der Waals surface area contributed by atoms with Gasteiger partial charge in [0, 0.05) is 0 Å². The molecule has 0 aromatic heterocycles. The molecule has 1 heterocycles. The lowest BCUT2D eigenvalue weighted by Gasteiger charge is -2.52. The van der Waals surface area contributed by atoms with Crippen molar-refractivity contribution in [1.82, 2.24) is 0 Å². The van der Waals surface area contributed by atoms with Crippen LogP contribution in [0.3, 0.4) is 0 Å². The monoisotopic (exact) mass is 394 g/mol. The van der Waals surface area contributed by atoms with Gasteiger partial charge in [-0.15, -0.1) is 0 Å². The number of allylic oxidation sites excluding steroid dienone is 1. The summed E-state index contributed by atoms with van der Waals surface area (Å²) in [5.74, 6) is 0.0337. The van der Waals surface area contributed by atoms with Crippen LogP contribution in [0.2, 0.25) is 0 Å². The summed E-state index contributed by atoms with van der Waals surface area (Å²) in [6, 6.07) is 8.53. The van der Waals surface area contributed by atoms with Gasteiger partial charge in [-0.1, -0.05) is 29.8 Å². The van der Waals surface area contributed by atoms with Crippen molar-refractivity contribution in [3.8, 4) is 0 Å². The van der Waals surface area contributed by atoms with Crippen LogP contribution in [-0.4, -0.2) is 38.1 Å². The van der Waals surface area contributed by atoms with Crippen LogP contribution in [0.4, 0.5) is 0 Å². The van der Waals surface area contributed by atoms with Gasteiger partial charge in [-0.3, -0.25) is 0 Å². The third-order valence-corrected chi connectivity index (χ3v) is 7.81. The van der Waals surface area contributed by atoms with Crippen molar-refractivity contribution in [2.75, 3.05) is 12.4 Å². The average Bonchev–Trinajstić information content (AvgIpc) is 2.61. The first-order chi connectivity index (χ1) is 12.6. The molecule has 2 aliphatic rings. The number of ether oxygens (including phenoxy) is 1. The smallest absolute Gasteiger partial charge is 0.181 e. The Labute approximate surface area is 162 Å². The minimum absolute atomic E-state index is 0.0866. The number of hydrogen-bond donors (Lipinski definition) is 0. The fourth-order valence-electron chi connectivity index (χ4n) is 3.97. The molecule has 0 amide bonds. The quantitative estimate of drug-likeness (QED) is 0.537. The third kappa shape index (κ3) is 4.45. The lowest BCUT2D eigenvalue weighted by atomic mass is 9.71. The number of hydrogen-bond acceptors (Lipinski definition) is 5. The largest absolute Gasteiger partial charge is 0.368 e. The van der Waals surface area contributed by atoms with E-state index in [1.165, 1.54) is 5.57 Å². The van der Waals surface area contributed by atoms with Gasteiger partial charge in [0.1, 0.15) is 11.7 Å². The predicted molar refractivity (Wildman–Crippen MR) is 104 cm³/mol. The molecule has 4 atom stereocenters. The van der Waals surface area contributed by atoms with Crippen LogP contribution in [-0.2, 0) is 24.3 Å². The molecule has 1 aromatic carbocycles. The summed E-state index contributed by atoms with van der Waals surface area (Å²) in [4.78, 5) is 11.8. The normalized spacial score (nSPS) is 33.5. The van der Waals surface area contributed by atoms with Gasteiger partial charge < -0.3 is 4.74 Å². The van der Waals surface area contributed by atoms with E-state index in [9.17, 15) is 8.42 Å². The Hall–Kier alpha value is -1.21. The molecule has 2 fully saturated rings. The van der Waals surface area contributed by atoms with Crippen LogP contribution in [0.1, 0.15) is 47.0 Å². The second-order valence-corrected chi connectivity index (χ2v) is 10.4. The zero-order valence-electron chi connectivity index (χ0n) is 16.6. The van der Waals surface area contributed by atoms with Crippen LogP contribution in [0.15, 0.2) is 46.9 Å². The van der Waals surface area contributed by atoms with Crippen molar-refractivity contribution in [3.05, 3.63) is 42.0 Å². The number of fused-ring (bicyclic) bond motifs is 2. The highest BCUT2D eigenvalue weighted by molar-refractivity contribution is 7.91. The van der Waals surface area contributed by atoms with Gasteiger partial charge in [0.25, 0.3) is 0 Å². The molecule has 2 bridgehead atoms. The molecule has 1 saturated carbocycles. The maximum absolute atomic E-state index is 12.8. The van der Waals surface area contributed by atoms with E-state index in [2.05, 4.69) is 13.0 Å². The summed E-state index contributed by atoms with van der Waals surface area (Å²) >= 11 is 0. The minimum Gasteiger partial charge on any atom is -0.368 e. The molecular formula is C21H30O5S. The average molecular weight is 395 g/mol. The van der Waals surface area contributed by atoms with Crippen molar-refractivity contribution in [2.45, 2.75) is 69.2 Å². The fraction of sp³-hybridized carbons (Fsp3) is 0.619. The Kier molecular flexibility index (Phi) is 5.82. The first kappa shape index (κ1) is 20.5. The predicted octanol–water partition coefficient (Wildman–Crippen LogP) is 4.09. The maximum atomic E-state index is 12.8. The summed E-state index contributed by atoms with van der Waals surface area (Å²) in [6.45, 7) is 8.53. The van der Waals surface area contributed by atoms with Gasteiger partial charge in [-0.05, 0) is 65.0 Å². The topological polar surface area (TPSA) is 61.8 Å². The van der Waals surface area contributed by atoms with Crippen molar-refractivity contribution >= 4 is 9.84 Å². The van der Waals surface area contributed by atoms with Crippen molar-refractivity contribution in [1.29, 1.82) is 0 Å². The lowest BCUT2D eigenvalue weighted by molar-refractivity contribution is -0.443. The van der Waals surface area contributed by atoms with Crippen LogP contribution < -0.4 is 0 Å². The van der Waals surface area contributed by atoms with Gasteiger partial charge in [-0.25, -0.2) is 18.2 Å². The van der Waals surface area contributed by atoms with Crippen molar-refractivity contribution < 1.29 is 22.9 Å². The molecule has 1 aliphatic heterocycles. The number of rotatable bonds is 6. The molecular weight excluding hydrogens is 364 g/mol. The zero-order valence-corrected chi connectivity index (χ0v) is 17.4. The summed E-state index contributed by atoms with van der Waals surface area (Å²) in [6.07, 6.45) is 4.29. The van der Waals surface area contributed by atoms with E-state index < -0.39 is 21.0 Å². The first-order valence-electron chi connectivity index (χ1n) is 9.54. The summed E-state index contributed by atoms with van der Waals surface area (Å²) in [5, 5.41) is 0. The first-order valence-corrected chi connectivity index (χ1v) is 11.2. The van der Waals surface area contributed by atoms with Crippen molar-refractivity contribution in [3.63, 3.8) is 0 Å². The summed E-state index contributed by atoms with van der Waals surface area (Å²) < 4.78 is 31.8. The highest BCUT2D eigenvalue weighted by atomic mass is 32.2. The summed E-state index contributed by atoms with van der Waals surface area (Å²) in [7, 11) is -3.45. The molecule has 5 nitrogen and oxygen atoms in total. The second-order valence-electron chi connectivity index (χ2n) is 8.43. The van der Waals surface area contributed by atoms with Crippen LogP contribution in [0.5, 0.6) is 0 Å². The van der Waals surface area contributed by atoms with Gasteiger partial charge in [0.2, 0.25) is 0 Å². The van der Waals surface area contributed by atoms with E-state index in [4.69, 9.17) is 14.5 Å². The van der Waals surface area contributed by atoms with Crippen LogP contribution in [0, 0.1) is 5.92 Å². The third-order valence-electron chi connectivity index (χ3n) is 5.87. The SMILES string of the molecule is CC(C)=CCOC1(C)CCC2CC1OO[C@@]2(C)CS(=O)(=O)c1ccccc1. The molecule has 3 rings (SSSR count). The minimum atomic E-state index is -3.45. The van der Waals surface area contributed by atoms with E-state index in [1.807, 2.05) is 26.8 Å². The molecule has 0 radical (unpaired) electrons. The maximum Gasteiger partial charge on any atom is 0.181 e. The second kappa shape index (κ2) is 7.66. The molecule has 1 aromatic rings. The highest BCUT2D eigenvalue weighted by Gasteiger charge is 2.54. The Morgan fingerprint density at radius 2 is 1.96 bits per heavy atom. The number of sulfone groups is 1. The van der Waals surface area contributed by atoms with Crippen LogP contribution >= 0.6 is 0 Å². The Morgan fingerprint density at radius 3 is 2.63 bits per heavy atom.